The fourth-order valence-electron chi connectivity index (χ4n) is 7.77. The SMILES string of the molecule is CCCOc1cncc[n+]1CC(=O)c1ccccc1.FC(F)(F)c1cc([B-](c2cc(C(F)(F)F)cc(C(F)(F)F)c2)(c2cc(C(F)(F)F)cc(C(F)(F)F)c2)c2cc(C(F)(F)F)cc(C(F)(F)F)c2)cc(C(F)(F)F)c1. The normalized spacial score (nSPS) is 13.3. The lowest BCUT2D eigenvalue weighted by molar-refractivity contribution is -0.689. The van der Waals surface area contributed by atoms with Crippen LogP contribution < -0.4 is 31.2 Å². The van der Waals surface area contributed by atoms with Gasteiger partial charge in [-0.2, -0.15) is 132 Å². The minimum absolute atomic E-state index is 0.0538. The highest BCUT2D eigenvalue weighted by molar-refractivity contribution is 7.20. The van der Waals surface area contributed by atoms with Gasteiger partial charge >= 0.3 is 55.3 Å². The molecule has 6 aromatic rings. The lowest BCUT2D eigenvalue weighted by atomic mass is 9.12. The predicted octanol–water partition coefficient (Wildman–Crippen LogP) is 13.3. The standard InChI is InChI=1S/C32H12BF24.C15H17N2O2/c34-25(35,36)13-1-14(26(37,38)39)6-21(5-13)33(22-7-15(27(40,41)42)2-16(8-22)28(43,44)45,23-9-17(29(46,47)48)3-18(10-23)30(49,50)51)24-11-19(31(52,53)54)4-20(12-24)32(55,56)57;1-2-10-19-15-11-16-8-9-17(15)12-14(18)13-6-4-3-5-7-13/h1-12H;3-9,11H,2,10,12H2,1H3/q-1;+1. The van der Waals surface area contributed by atoms with E-state index >= 15 is 0 Å². The highest BCUT2D eigenvalue weighted by atomic mass is 19.4. The zero-order chi connectivity index (χ0) is 57.4. The molecule has 410 valence electrons. The van der Waals surface area contributed by atoms with Gasteiger partial charge < -0.3 is 4.74 Å². The zero-order valence-electron chi connectivity index (χ0n) is 37.5. The molecule has 4 nitrogen and oxygen atoms in total. The summed E-state index contributed by atoms with van der Waals surface area (Å²) in [4.78, 5) is 16.2. The zero-order valence-corrected chi connectivity index (χ0v) is 37.5. The molecule has 0 atom stereocenters. The molecule has 1 aromatic heterocycles. The Kier molecular flexibility index (Phi) is 16.7. The summed E-state index contributed by atoms with van der Waals surface area (Å²) in [7, 11) is 0. The van der Waals surface area contributed by atoms with Crippen LogP contribution in [0.25, 0.3) is 0 Å². The van der Waals surface area contributed by atoms with E-state index in [1.54, 1.807) is 23.2 Å². The van der Waals surface area contributed by atoms with Crippen LogP contribution in [0.2, 0.25) is 0 Å². The van der Waals surface area contributed by atoms with Crippen molar-refractivity contribution in [2.75, 3.05) is 6.61 Å². The predicted molar refractivity (Wildman–Crippen MR) is 221 cm³/mol. The van der Waals surface area contributed by atoms with E-state index in [2.05, 4.69) is 4.98 Å². The van der Waals surface area contributed by atoms with E-state index < -0.39 is 195 Å². The molecule has 0 aliphatic carbocycles. The Morgan fingerprint density at radius 3 is 0.974 bits per heavy atom. The molecule has 29 heteroatoms. The monoisotopic (exact) mass is 1120 g/mol. The Hall–Kier alpha value is -6.97. The van der Waals surface area contributed by atoms with Crippen LogP contribution in [0.1, 0.15) is 68.2 Å². The number of carbonyl (C=O) groups is 1. The molecule has 0 fully saturated rings. The largest absolute Gasteiger partial charge is 0.443 e. The number of ether oxygens (including phenoxy) is 1. The summed E-state index contributed by atoms with van der Waals surface area (Å²) in [5.41, 5.74) is -29.5. The van der Waals surface area contributed by atoms with Gasteiger partial charge in [-0.1, -0.05) is 85.8 Å². The lowest BCUT2D eigenvalue weighted by Gasteiger charge is -2.46. The van der Waals surface area contributed by atoms with Crippen LogP contribution in [0.5, 0.6) is 5.88 Å². The second-order valence-electron chi connectivity index (χ2n) is 16.4. The van der Waals surface area contributed by atoms with E-state index in [0.29, 0.717) is 18.1 Å². The highest BCUT2D eigenvalue weighted by Crippen LogP contribution is 2.41. The van der Waals surface area contributed by atoms with E-state index in [1.165, 1.54) is 0 Å². The van der Waals surface area contributed by atoms with Gasteiger partial charge in [0, 0.05) is 5.56 Å². The number of carbonyl (C=O) groups excluding carboxylic acids is 1. The Morgan fingerprint density at radius 2 is 0.724 bits per heavy atom. The second kappa shape index (κ2) is 21.2. The van der Waals surface area contributed by atoms with Gasteiger partial charge in [0.1, 0.15) is 12.3 Å². The van der Waals surface area contributed by atoms with Gasteiger partial charge in [-0.05, 0) is 30.7 Å². The summed E-state index contributed by atoms with van der Waals surface area (Å²) in [6.07, 6.45) is -48.8. The molecule has 0 saturated heterocycles. The number of hydrogen-bond donors (Lipinski definition) is 0. The Labute approximate surface area is 411 Å². The number of halogens is 24. The first-order chi connectivity index (χ1) is 34.6. The van der Waals surface area contributed by atoms with Crippen molar-refractivity contribution in [2.24, 2.45) is 0 Å². The summed E-state index contributed by atoms with van der Waals surface area (Å²) in [6, 6.07) is 0.437. The van der Waals surface area contributed by atoms with Crippen molar-refractivity contribution in [2.45, 2.75) is 69.3 Å². The molecule has 5 aromatic carbocycles. The number of nitrogens with zero attached hydrogens (tertiary/aromatic N) is 2. The number of Topliss-reactive ketones (excluding diaryl/α,β-unsaturated/α-hetero) is 1. The van der Waals surface area contributed by atoms with E-state index in [0.717, 1.165) is 6.42 Å². The van der Waals surface area contributed by atoms with Gasteiger partial charge in [-0.3, -0.25) is 4.79 Å². The van der Waals surface area contributed by atoms with Crippen molar-refractivity contribution in [3.63, 3.8) is 0 Å². The van der Waals surface area contributed by atoms with Crippen molar-refractivity contribution in [1.82, 2.24) is 4.98 Å². The molecule has 0 aliphatic heterocycles. The van der Waals surface area contributed by atoms with Gasteiger partial charge in [0.05, 0.1) is 57.3 Å². The fraction of sp³-hybridized carbons (Fsp3) is 0.255. The van der Waals surface area contributed by atoms with Crippen molar-refractivity contribution >= 4 is 33.8 Å². The van der Waals surface area contributed by atoms with E-state index in [-0.39, 0.29) is 12.3 Å². The number of hydrogen-bond acceptors (Lipinski definition) is 3. The molecule has 0 saturated carbocycles. The minimum Gasteiger partial charge on any atom is -0.443 e. The number of rotatable bonds is 10. The maximum absolute atomic E-state index is 14.2. The van der Waals surface area contributed by atoms with Crippen molar-refractivity contribution in [3.05, 3.63) is 172 Å². The Bertz CT molecular complexity index is 2590. The molecule has 76 heavy (non-hydrogen) atoms. The van der Waals surface area contributed by atoms with Crippen LogP contribution in [0, 0.1) is 0 Å². The third-order valence-electron chi connectivity index (χ3n) is 11.1. The molecule has 0 amide bonds. The first kappa shape index (κ1) is 59.9. The van der Waals surface area contributed by atoms with E-state index in [1.807, 2.05) is 37.3 Å². The maximum atomic E-state index is 14.2. The summed E-state index contributed by atoms with van der Waals surface area (Å²) < 4.78 is 348. The fourth-order valence-corrected chi connectivity index (χ4v) is 7.77. The average molecular weight is 1120 g/mol. The van der Waals surface area contributed by atoms with Gasteiger partial charge in [-0.25, -0.2) is 4.98 Å². The topological polar surface area (TPSA) is 43.1 Å². The number of alkyl halides is 24. The molecule has 0 bridgehead atoms. The third kappa shape index (κ3) is 14.1. The van der Waals surface area contributed by atoms with E-state index in [9.17, 15) is 110 Å². The molecule has 6 rings (SSSR count). The summed E-state index contributed by atoms with van der Waals surface area (Å²) >= 11 is 0. The first-order valence-corrected chi connectivity index (χ1v) is 21.0. The first-order valence-electron chi connectivity index (χ1n) is 21.0. The van der Waals surface area contributed by atoms with Crippen LogP contribution >= 0.6 is 0 Å². The average Bonchev–Trinajstić information content (AvgIpc) is 3.29. The lowest BCUT2D eigenvalue weighted by Crippen LogP contribution is -2.75. The molecule has 0 spiro atoms. The van der Waals surface area contributed by atoms with Crippen LogP contribution in [0.4, 0.5) is 105 Å². The summed E-state index contributed by atoms with van der Waals surface area (Å²) in [5, 5.41) is 0. The van der Waals surface area contributed by atoms with Crippen LogP contribution in [0.3, 0.4) is 0 Å². The molecular weight excluding hydrogens is 1090 g/mol. The quantitative estimate of drug-likeness (QED) is 0.0594. The van der Waals surface area contributed by atoms with Gasteiger partial charge in [0.2, 0.25) is 12.3 Å². The third-order valence-corrected chi connectivity index (χ3v) is 11.1. The summed E-state index contributed by atoms with van der Waals surface area (Å²) in [6.45, 7) is 2.91. The van der Waals surface area contributed by atoms with Gasteiger partial charge in [0.15, 0.2) is 6.20 Å². The maximum Gasteiger partial charge on any atom is 0.416 e. The van der Waals surface area contributed by atoms with Crippen molar-refractivity contribution in [3.8, 4) is 5.88 Å². The number of ketones is 1. The molecule has 1 heterocycles. The molecule has 0 aliphatic rings. The number of benzene rings is 5. The van der Waals surface area contributed by atoms with Gasteiger partial charge in [0.25, 0.3) is 0 Å². The van der Waals surface area contributed by atoms with E-state index in [4.69, 9.17) is 4.74 Å². The highest BCUT2D eigenvalue weighted by Gasteiger charge is 2.47. The molecule has 0 radical (unpaired) electrons. The smallest absolute Gasteiger partial charge is 0.416 e. The summed E-state index contributed by atoms with van der Waals surface area (Å²) in [5.74, 6) is 0.673. The van der Waals surface area contributed by atoms with Crippen LogP contribution in [-0.2, 0) is 56.0 Å². The van der Waals surface area contributed by atoms with Crippen molar-refractivity contribution < 1.29 is 119 Å². The molecule has 0 unspecified atom stereocenters. The number of aromatic nitrogens is 2. The minimum atomic E-state index is -6.13. The second-order valence-corrected chi connectivity index (χ2v) is 16.4. The van der Waals surface area contributed by atoms with Crippen LogP contribution in [-0.4, -0.2) is 23.5 Å². The Balaban J connectivity index is 0.000000468. The Morgan fingerprint density at radius 1 is 0.447 bits per heavy atom. The van der Waals surface area contributed by atoms with Crippen molar-refractivity contribution in [1.29, 1.82) is 0 Å². The molecular formula is C47H29BF24N2O2. The van der Waals surface area contributed by atoms with Gasteiger partial charge in [-0.15, -0.1) is 0 Å². The van der Waals surface area contributed by atoms with Crippen LogP contribution in [0.15, 0.2) is 122 Å². The molecule has 0 N–H and O–H groups in total.